The summed E-state index contributed by atoms with van der Waals surface area (Å²) in [5.74, 6) is 0.192. The summed E-state index contributed by atoms with van der Waals surface area (Å²) >= 11 is 3.21. The van der Waals surface area contributed by atoms with E-state index >= 15 is 0 Å². The highest BCUT2D eigenvalue weighted by Crippen LogP contribution is 2.38. The van der Waals surface area contributed by atoms with E-state index in [9.17, 15) is 9.59 Å². The van der Waals surface area contributed by atoms with Gasteiger partial charge >= 0.3 is 0 Å². The molecule has 1 aliphatic rings. The molecule has 3 aromatic rings. The first-order valence-corrected chi connectivity index (χ1v) is 9.30. The number of aromatic nitrogens is 1. The molecule has 0 radical (unpaired) electrons. The van der Waals surface area contributed by atoms with E-state index in [2.05, 4.69) is 15.8 Å². The first-order valence-electron chi connectivity index (χ1n) is 7.60. The molecule has 4 rings (SSSR count). The third-order valence-electron chi connectivity index (χ3n) is 3.80. The number of carbonyl (C=O) groups is 2. The number of hydrogen-bond donors (Lipinski definition) is 2. The lowest BCUT2D eigenvalue weighted by Crippen LogP contribution is -2.44. The number of ether oxygens (including phenoxy) is 1. The average molecular weight is 361 g/mol. The highest BCUT2D eigenvalue weighted by Gasteiger charge is 2.29. The number of hydrazine groups is 1. The van der Waals surface area contributed by atoms with E-state index in [1.54, 1.807) is 22.7 Å². The fourth-order valence-corrected chi connectivity index (χ4v) is 4.30. The van der Waals surface area contributed by atoms with Gasteiger partial charge in [-0.25, -0.2) is 4.98 Å². The maximum Gasteiger partial charge on any atom is 0.276 e. The molecule has 2 amide bonds. The maximum atomic E-state index is 11.8. The van der Waals surface area contributed by atoms with Crippen LogP contribution < -0.4 is 15.6 Å². The van der Waals surface area contributed by atoms with E-state index in [4.69, 9.17) is 4.74 Å². The van der Waals surface area contributed by atoms with Gasteiger partial charge in [-0.05, 0) is 31.2 Å². The Morgan fingerprint density at radius 2 is 2.21 bits per heavy atom. The van der Waals surface area contributed by atoms with Crippen LogP contribution in [0.25, 0.3) is 20.3 Å². The zero-order valence-corrected chi connectivity index (χ0v) is 14.6. The lowest BCUT2D eigenvalue weighted by atomic mass is 10.2. The Balaban J connectivity index is 1.47. The van der Waals surface area contributed by atoms with Crippen molar-refractivity contribution in [2.24, 2.45) is 5.92 Å². The van der Waals surface area contributed by atoms with Crippen molar-refractivity contribution in [3.63, 3.8) is 0 Å². The summed E-state index contributed by atoms with van der Waals surface area (Å²) in [5.41, 5.74) is 5.79. The number of carbonyl (C=O) groups excluding carboxylic acids is 2. The zero-order valence-electron chi connectivity index (χ0n) is 12.9. The van der Waals surface area contributed by atoms with E-state index in [-0.39, 0.29) is 24.3 Å². The summed E-state index contributed by atoms with van der Waals surface area (Å²) in [6.45, 7) is 1.82. The third kappa shape index (κ3) is 2.94. The maximum absolute atomic E-state index is 11.8. The molecule has 6 nitrogen and oxygen atoms in total. The Labute approximate surface area is 145 Å². The van der Waals surface area contributed by atoms with Gasteiger partial charge in [0.1, 0.15) is 5.75 Å². The summed E-state index contributed by atoms with van der Waals surface area (Å²) in [5, 5.41) is 3.94. The molecule has 0 unspecified atom stereocenters. The molecule has 124 valence electrons. The van der Waals surface area contributed by atoms with Gasteiger partial charge in [-0.1, -0.05) is 0 Å². The quantitative estimate of drug-likeness (QED) is 0.700. The van der Waals surface area contributed by atoms with Gasteiger partial charge < -0.3 is 4.74 Å². The van der Waals surface area contributed by atoms with Crippen molar-refractivity contribution in [1.29, 1.82) is 0 Å². The molecule has 0 aliphatic heterocycles. The third-order valence-corrected chi connectivity index (χ3v) is 5.64. The van der Waals surface area contributed by atoms with Crippen molar-refractivity contribution in [2.45, 2.75) is 19.8 Å². The monoisotopic (exact) mass is 361 g/mol. The van der Waals surface area contributed by atoms with Crippen molar-refractivity contribution in [3.05, 3.63) is 22.5 Å². The van der Waals surface area contributed by atoms with Gasteiger partial charge in [-0.2, -0.15) is 0 Å². The van der Waals surface area contributed by atoms with Crippen LogP contribution >= 0.6 is 22.7 Å². The second-order valence-corrected chi connectivity index (χ2v) is 7.87. The minimum Gasteiger partial charge on any atom is -0.483 e. The first kappa shape index (κ1) is 15.3. The molecule has 2 heterocycles. The van der Waals surface area contributed by atoms with Crippen LogP contribution in [0.1, 0.15) is 17.8 Å². The van der Waals surface area contributed by atoms with Gasteiger partial charge in [-0.15, -0.1) is 22.7 Å². The molecule has 1 saturated carbocycles. The highest BCUT2D eigenvalue weighted by atomic mass is 32.1. The van der Waals surface area contributed by atoms with Crippen molar-refractivity contribution >= 4 is 54.8 Å². The summed E-state index contributed by atoms with van der Waals surface area (Å²) < 4.78 is 7.79. The molecule has 1 aliphatic carbocycles. The molecule has 8 heteroatoms. The molecule has 1 aromatic carbocycles. The largest absolute Gasteiger partial charge is 0.483 e. The van der Waals surface area contributed by atoms with Gasteiger partial charge in [-0.3, -0.25) is 20.4 Å². The van der Waals surface area contributed by atoms with E-state index in [0.717, 1.165) is 38.2 Å². The fourth-order valence-electron chi connectivity index (χ4n) is 2.46. The Hall–Kier alpha value is -2.19. The average Bonchev–Trinajstić information content (AvgIpc) is 3.17. The Morgan fingerprint density at radius 1 is 1.38 bits per heavy atom. The molecule has 2 N–H and O–H groups in total. The van der Waals surface area contributed by atoms with E-state index in [1.165, 1.54) is 0 Å². The van der Waals surface area contributed by atoms with Crippen LogP contribution in [-0.4, -0.2) is 23.4 Å². The molecule has 0 saturated heterocycles. The number of nitrogens with zero attached hydrogens (tertiary/aromatic N) is 1. The smallest absolute Gasteiger partial charge is 0.276 e. The van der Waals surface area contributed by atoms with E-state index in [0.29, 0.717) is 5.75 Å². The molecular weight excluding hydrogens is 346 g/mol. The van der Waals surface area contributed by atoms with Gasteiger partial charge in [0, 0.05) is 17.4 Å². The topological polar surface area (TPSA) is 80.3 Å². The van der Waals surface area contributed by atoms with Crippen molar-refractivity contribution in [2.75, 3.05) is 6.61 Å². The molecular formula is C16H15N3O3S2. The van der Waals surface area contributed by atoms with Gasteiger partial charge in [0.25, 0.3) is 5.91 Å². The minimum absolute atomic E-state index is 0.0497. The predicted molar refractivity (Wildman–Crippen MR) is 94.2 cm³/mol. The second kappa shape index (κ2) is 6.03. The van der Waals surface area contributed by atoms with Crippen molar-refractivity contribution < 1.29 is 14.3 Å². The zero-order chi connectivity index (χ0) is 16.7. The Morgan fingerprint density at radius 3 is 3.00 bits per heavy atom. The molecule has 0 bridgehead atoms. The SMILES string of the molecule is Cc1nc2c(cc(OCC(=O)NNC(=O)C3CC3)c3ccsc32)s1. The number of nitrogens with one attached hydrogen (secondary N) is 2. The minimum atomic E-state index is -0.382. The molecule has 0 atom stereocenters. The summed E-state index contributed by atoms with van der Waals surface area (Å²) in [4.78, 5) is 27.9. The number of aryl methyl sites for hydroxylation is 1. The molecule has 24 heavy (non-hydrogen) atoms. The van der Waals surface area contributed by atoms with Crippen LogP contribution in [0, 0.1) is 12.8 Å². The number of benzene rings is 1. The number of hydrogen-bond acceptors (Lipinski definition) is 6. The molecule has 0 spiro atoms. The Kier molecular flexibility index (Phi) is 3.85. The number of thiazole rings is 1. The van der Waals surface area contributed by atoms with Gasteiger partial charge in [0.05, 0.1) is 19.9 Å². The summed E-state index contributed by atoms with van der Waals surface area (Å²) in [7, 11) is 0. The van der Waals surface area contributed by atoms with E-state index < -0.39 is 0 Å². The van der Waals surface area contributed by atoms with Crippen molar-refractivity contribution in [1.82, 2.24) is 15.8 Å². The van der Waals surface area contributed by atoms with Crippen molar-refractivity contribution in [3.8, 4) is 5.75 Å². The first-order chi connectivity index (χ1) is 11.6. The van der Waals surface area contributed by atoms with E-state index in [1.807, 2.05) is 24.4 Å². The fraction of sp³-hybridized carbons (Fsp3) is 0.312. The van der Waals surface area contributed by atoms with Crippen LogP contribution in [0.5, 0.6) is 5.75 Å². The lowest BCUT2D eigenvalue weighted by Gasteiger charge is -2.09. The number of rotatable bonds is 4. The van der Waals surface area contributed by atoms with Crippen LogP contribution in [0.15, 0.2) is 17.5 Å². The number of amides is 2. The summed E-state index contributed by atoms with van der Waals surface area (Å²) in [6.07, 6.45) is 1.78. The number of thiophene rings is 1. The molecule has 2 aromatic heterocycles. The van der Waals surface area contributed by atoms with Gasteiger partial charge in [0.15, 0.2) is 6.61 Å². The molecule has 1 fully saturated rings. The second-order valence-electron chi connectivity index (χ2n) is 5.72. The van der Waals surface area contributed by atoms with Crippen LogP contribution in [0.4, 0.5) is 0 Å². The summed E-state index contributed by atoms with van der Waals surface area (Å²) in [6, 6.07) is 3.89. The van der Waals surface area contributed by atoms with Crippen LogP contribution in [0.3, 0.4) is 0 Å². The Bertz CT molecular complexity index is 943. The number of fused-ring (bicyclic) bond motifs is 3. The highest BCUT2D eigenvalue weighted by molar-refractivity contribution is 7.21. The van der Waals surface area contributed by atoms with Crippen LogP contribution in [-0.2, 0) is 9.59 Å². The van der Waals surface area contributed by atoms with Crippen LogP contribution in [0.2, 0.25) is 0 Å². The normalized spacial score (nSPS) is 14.0. The van der Waals surface area contributed by atoms with Gasteiger partial charge in [0.2, 0.25) is 5.91 Å². The lowest BCUT2D eigenvalue weighted by molar-refractivity contribution is -0.130. The predicted octanol–water partition coefficient (Wildman–Crippen LogP) is 2.76. The standard InChI is InChI=1S/C16H15N3O3S2/c1-8-17-14-12(24-8)6-11(10-4-5-23-15(10)14)22-7-13(20)18-19-16(21)9-2-3-9/h4-6,9H,2-3,7H2,1H3,(H,18,20)(H,19,21).